The molecule has 1 aromatic rings. The minimum Gasteiger partial charge on any atom is -0.309 e. The van der Waals surface area contributed by atoms with Crippen molar-refractivity contribution >= 4 is 22.4 Å². The largest absolute Gasteiger partial charge is 0.309 e. The van der Waals surface area contributed by atoms with Gasteiger partial charge in [-0.05, 0) is 30.7 Å². The third-order valence-corrected chi connectivity index (χ3v) is 3.25. The fraction of sp³-hybridized carbons (Fsp3) is 0.455. The molecule has 2 atom stereocenters. The van der Waals surface area contributed by atoms with E-state index < -0.39 is 10.8 Å². The number of hydrogen-bond donors (Lipinski definition) is 1. The van der Waals surface area contributed by atoms with Crippen molar-refractivity contribution in [3.8, 4) is 0 Å². The van der Waals surface area contributed by atoms with Crippen molar-refractivity contribution in [2.24, 2.45) is 0 Å². The van der Waals surface area contributed by atoms with Gasteiger partial charge in [-0.25, -0.2) is 4.39 Å². The van der Waals surface area contributed by atoms with Crippen LogP contribution in [0.4, 0.5) is 4.39 Å². The topological polar surface area (TPSA) is 29.1 Å². The van der Waals surface area contributed by atoms with Crippen molar-refractivity contribution in [2.45, 2.75) is 19.5 Å². The molecule has 0 aliphatic heterocycles. The third-order valence-electron chi connectivity index (χ3n) is 2.06. The lowest BCUT2D eigenvalue weighted by Gasteiger charge is -2.12. The lowest BCUT2D eigenvalue weighted by Crippen LogP contribution is -2.30. The zero-order valence-electron chi connectivity index (χ0n) is 9.30. The average molecular weight is 264 g/mol. The molecule has 0 aromatic heterocycles. The molecule has 5 heteroatoms. The minimum atomic E-state index is -0.825. The standard InChI is InChI=1S/C11H15ClFNOS/c1-8(7-16(2)15)14-6-9-3-10(12)5-11(13)4-9/h3-5,8,14H,6-7H2,1-2H3. The number of hydrogen-bond acceptors (Lipinski definition) is 2. The smallest absolute Gasteiger partial charge is 0.125 e. The van der Waals surface area contributed by atoms with Gasteiger partial charge in [0.15, 0.2) is 0 Å². The monoisotopic (exact) mass is 263 g/mol. The number of nitrogens with one attached hydrogen (secondary N) is 1. The van der Waals surface area contributed by atoms with Gasteiger partial charge in [0.25, 0.3) is 0 Å². The molecule has 90 valence electrons. The highest BCUT2D eigenvalue weighted by Crippen LogP contribution is 2.13. The van der Waals surface area contributed by atoms with Gasteiger partial charge in [0.05, 0.1) is 0 Å². The predicted octanol–water partition coefficient (Wildman–Crippen LogP) is 2.34. The van der Waals surface area contributed by atoms with E-state index in [1.807, 2.05) is 6.92 Å². The molecule has 1 N–H and O–H groups in total. The molecule has 0 heterocycles. The summed E-state index contributed by atoms with van der Waals surface area (Å²) in [6, 6.07) is 4.56. The molecule has 0 saturated heterocycles. The van der Waals surface area contributed by atoms with Gasteiger partial charge < -0.3 is 5.32 Å². The maximum Gasteiger partial charge on any atom is 0.125 e. The second-order valence-electron chi connectivity index (χ2n) is 3.80. The van der Waals surface area contributed by atoms with Crippen LogP contribution in [-0.2, 0) is 17.3 Å². The molecule has 1 aromatic carbocycles. The van der Waals surface area contributed by atoms with E-state index in [0.29, 0.717) is 17.3 Å². The molecule has 16 heavy (non-hydrogen) atoms. The quantitative estimate of drug-likeness (QED) is 0.884. The van der Waals surface area contributed by atoms with Gasteiger partial charge in [-0.15, -0.1) is 0 Å². The molecular formula is C11H15ClFNOS. The summed E-state index contributed by atoms with van der Waals surface area (Å²) in [7, 11) is -0.825. The maximum atomic E-state index is 13.0. The van der Waals surface area contributed by atoms with Crippen LogP contribution in [0.5, 0.6) is 0 Å². The Labute approximate surface area is 103 Å². The molecule has 0 aliphatic carbocycles. The highest BCUT2D eigenvalue weighted by atomic mass is 35.5. The summed E-state index contributed by atoms with van der Waals surface area (Å²) in [6.45, 7) is 2.47. The Morgan fingerprint density at radius 3 is 2.75 bits per heavy atom. The number of halogens is 2. The maximum absolute atomic E-state index is 13.0. The van der Waals surface area contributed by atoms with Gasteiger partial charge >= 0.3 is 0 Å². The van der Waals surface area contributed by atoms with Crippen LogP contribution >= 0.6 is 11.6 Å². The Morgan fingerprint density at radius 1 is 1.50 bits per heavy atom. The van der Waals surface area contributed by atoms with Gasteiger partial charge in [0.1, 0.15) is 5.82 Å². The van der Waals surface area contributed by atoms with E-state index in [2.05, 4.69) is 5.32 Å². The van der Waals surface area contributed by atoms with Crippen molar-refractivity contribution < 1.29 is 8.60 Å². The summed E-state index contributed by atoms with van der Waals surface area (Å²) in [4.78, 5) is 0. The molecule has 2 unspecified atom stereocenters. The van der Waals surface area contributed by atoms with Gasteiger partial charge in [-0.1, -0.05) is 11.6 Å². The Bertz CT molecular complexity index is 366. The highest BCUT2D eigenvalue weighted by molar-refractivity contribution is 7.84. The zero-order chi connectivity index (χ0) is 12.1. The summed E-state index contributed by atoms with van der Waals surface area (Å²) in [5.74, 6) is 0.249. The van der Waals surface area contributed by atoms with E-state index >= 15 is 0 Å². The molecule has 0 bridgehead atoms. The average Bonchev–Trinajstić information content (AvgIpc) is 2.12. The normalized spacial score (nSPS) is 14.8. The Kier molecular flexibility index (Phi) is 5.38. The van der Waals surface area contributed by atoms with Crippen LogP contribution in [0.3, 0.4) is 0 Å². The Balaban J connectivity index is 2.51. The van der Waals surface area contributed by atoms with Gasteiger partial charge in [-0.3, -0.25) is 4.21 Å². The van der Waals surface area contributed by atoms with E-state index in [0.717, 1.165) is 5.56 Å². The first-order chi connectivity index (χ1) is 7.47. The molecule has 2 nitrogen and oxygen atoms in total. The zero-order valence-corrected chi connectivity index (χ0v) is 10.9. The van der Waals surface area contributed by atoms with Crippen LogP contribution in [0.25, 0.3) is 0 Å². The first kappa shape index (κ1) is 13.6. The lowest BCUT2D eigenvalue weighted by atomic mass is 10.2. The molecule has 0 fully saturated rings. The van der Waals surface area contributed by atoms with Crippen molar-refractivity contribution in [1.82, 2.24) is 5.32 Å². The van der Waals surface area contributed by atoms with Crippen molar-refractivity contribution in [2.75, 3.05) is 12.0 Å². The van der Waals surface area contributed by atoms with Crippen LogP contribution < -0.4 is 5.32 Å². The molecule has 0 aliphatic rings. The highest BCUT2D eigenvalue weighted by Gasteiger charge is 2.05. The Hall–Kier alpha value is -0.450. The van der Waals surface area contributed by atoms with Crippen LogP contribution in [0.1, 0.15) is 12.5 Å². The van der Waals surface area contributed by atoms with E-state index in [1.165, 1.54) is 12.1 Å². The van der Waals surface area contributed by atoms with Crippen LogP contribution in [-0.4, -0.2) is 22.3 Å². The SMILES string of the molecule is CC(CS(C)=O)NCc1cc(F)cc(Cl)c1. The van der Waals surface area contributed by atoms with E-state index in [9.17, 15) is 8.60 Å². The van der Waals surface area contributed by atoms with Crippen molar-refractivity contribution in [3.05, 3.63) is 34.6 Å². The summed E-state index contributed by atoms with van der Waals surface area (Å²) >= 11 is 5.73. The molecule has 1 rings (SSSR count). The molecule has 0 saturated carbocycles. The minimum absolute atomic E-state index is 0.132. The van der Waals surface area contributed by atoms with Gasteiger partial charge in [-0.2, -0.15) is 0 Å². The van der Waals surface area contributed by atoms with E-state index in [4.69, 9.17) is 11.6 Å². The predicted molar refractivity (Wildman–Crippen MR) is 66.6 cm³/mol. The van der Waals surface area contributed by atoms with Crippen molar-refractivity contribution in [1.29, 1.82) is 0 Å². The molecule has 0 spiro atoms. The molecule has 0 amide bonds. The summed E-state index contributed by atoms with van der Waals surface area (Å²) in [5, 5.41) is 3.56. The van der Waals surface area contributed by atoms with Gasteiger partial charge in [0.2, 0.25) is 0 Å². The summed E-state index contributed by atoms with van der Waals surface area (Å²) in [5.41, 5.74) is 0.790. The lowest BCUT2D eigenvalue weighted by molar-refractivity contribution is 0.580. The Morgan fingerprint density at radius 2 is 2.19 bits per heavy atom. The van der Waals surface area contributed by atoms with Crippen LogP contribution in [0.15, 0.2) is 18.2 Å². The second kappa shape index (κ2) is 6.33. The van der Waals surface area contributed by atoms with Crippen molar-refractivity contribution in [3.63, 3.8) is 0 Å². The first-order valence-electron chi connectivity index (χ1n) is 4.95. The van der Waals surface area contributed by atoms with E-state index in [1.54, 1.807) is 12.3 Å². The third kappa shape index (κ3) is 5.05. The van der Waals surface area contributed by atoms with Crippen LogP contribution in [0.2, 0.25) is 5.02 Å². The number of benzene rings is 1. The van der Waals surface area contributed by atoms with E-state index in [-0.39, 0.29) is 11.9 Å². The summed E-state index contributed by atoms with van der Waals surface area (Å²) < 4.78 is 24.0. The summed E-state index contributed by atoms with van der Waals surface area (Å²) in [6.07, 6.45) is 1.66. The fourth-order valence-corrected chi connectivity index (χ4v) is 2.48. The second-order valence-corrected chi connectivity index (χ2v) is 5.72. The molecular weight excluding hydrogens is 249 g/mol. The fourth-order valence-electron chi connectivity index (χ4n) is 1.42. The molecule has 0 radical (unpaired) electrons. The first-order valence-corrected chi connectivity index (χ1v) is 7.06. The van der Waals surface area contributed by atoms with Gasteiger partial charge in [0, 0.05) is 40.4 Å². The number of rotatable bonds is 5. The van der Waals surface area contributed by atoms with Crippen LogP contribution in [0, 0.1) is 5.82 Å².